The number of hydrogen-bond acceptors (Lipinski definition) is 1. The fraction of sp³-hybridized carbons (Fsp3) is 1.00. The van der Waals surface area contributed by atoms with E-state index in [9.17, 15) is 5.11 Å². The van der Waals surface area contributed by atoms with Crippen molar-refractivity contribution in [2.45, 2.75) is 25.9 Å². The van der Waals surface area contributed by atoms with Crippen molar-refractivity contribution in [3.63, 3.8) is 0 Å². The maximum Gasteiger partial charge on any atom is 0.0610 e. The zero-order valence-corrected chi connectivity index (χ0v) is 7.98. The fourth-order valence-corrected chi connectivity index (χ4v) is 7.14. The molecule has 0 aromatic heterocycles. The molecule has 70 valence electrons. The minimum absolute atomic E-state index is 0.113. The van der Waals surface area contributed by atoms with Crippen LogP contribution in [0.4, 0.5) is 0 Å². The molecule has 6 saturated carbocycles. The van der Waals surface area contributed by atoms with Crippen molar-refractivity contribution < 1.29 is 5.11 Å². The first-order chi connectivity index (χ1) is 6.23. The highest BCUT2D eigenvalue weighted by atomic mass is 16.3. The van der Waals surface area contributed by atoms with Gasteiger partial charge in [-0.05, 0) is 59.7 Å². The molecule has 6 aliphatic carbocycles. The first-order valence-electron chi connectivity index (χ1n) is 5.91. The van der Waals surface area contributed by atoms with Gasteiger partial charge in [-0.25, -0.2) is 0 Å². The Hall–Kier alpha value is -0.0400. The summed E-state index contributed by atoms with van der Waals surface area (Å²) in [6, 6.07) is 0. The van der Waals surface area contributed by atoms with Crippen molar-refractivity contribution >= 4 is 0 Å². The van der Waals surface area contributed by atoms with Crippen LogP contribution >= 0.6 is 0 Å². The smallest absolute Gasteiger partial charge is 0.0610 e. The SMILES string of the molecule is C[C@@]12C[C@@H]3C4CC5C3[C@@H]1[C@H](O)[C@H]5C42. The van der Waals surface area contributed by atoms with Crippen LogP contribution in [0.2, 0.25) is 0 Å². The van der Waals surface area contributed by atoms with Crippen molar-refractivity contribution in [3.05, 3.63) is 0 Å². The molecular formula is C12H16O. The van der Waals surface area contributed by atoms with E-state index in [0.29, 0.717) is 5.41 Å². The molecule has 9 atom stereocenters. The average Bonchev–Trinajstić information content (AvgIpc) is 2.70. The third-order valence-corrected chi connectivity index (χ3v) is 6.83. The lowest BCUT2D eigenvalue weighted by molar-refractivity contribution is 0.0629. The summed E-state index contributed by atoms with van der Waals surface area (Å²) in [5.41, 5.74) is 0.594. The lowest BCUT2D eigenvalue weighted by atomic mass is 9.64. The van der Waals surface area contributed by atoms with Gasteiger partial charge in [-0.15, -0.1) is 0 Å². The predicted molar refractivity (Wildman–Crippen MR) is 47.8 cm³/mol. The lowest BCUT2D eigenvalue weighted by Crippen LogP contribution is -2.36. The molecular weight excluding hydrogens is 160 g/mol. The minimum Gasteiger partial charge on any atom is -0.392 e. The molecule has 0 amide bonds. The highest BCUT2D eigenvalue weighted by molar-refractivity contribution is 5.31. The van der Waals surface area contributed by atoms with Gasteiger partial charge in [0, 0.05) is 0 Å². The molecule has 1 heteroatoms. The highest BCUT2D eigenvalue weighted by Gasteiger charge is 2.84. The van der Waals surface area contributed by atoms with Gasteiger partial charge in [0.15, 0.2) is 0 Å². The Balaban J connectivity index is 1.89. The van der Waals surface area contributed by atoms with Gasteiger partial charge in [0.05, 0.1) is 6.10 Å². The van der Waals surface area contributed by atoms with Gasteiger partial charge in [-0.2, -0.15) is 0 Å². The van der Waals surface area contributed by atoms with E-state index in [4.69, 9.17) is 0 Å². The summed E-state index contributed by atoms with van der Waals surface area (Å²) in [5, 5.41) is 10.3. The average molecular weight is 176 g/mol. The summed E-state index contributed by atoms with van der Waals surface area (Å²) >= 11 is 0. The highest BCUT2D eigenvalue weighted by Crippen LogP contribution is 2.86. The molecule has 6 bridgehead atoms. The van der Waals surface area contributed by atoms with Crippen LogP contribution in [0, 0.1) is 46.8 Å². The molecule has 1 nitrogen and oxygen atoms in total. The molecule has 0 saturated heterocycles. The van der Waals surface area contributed by atoms with E-state index in [1.165, 1.54) is 12.8 Å². The molecule has 0 radical (unpaired) electrons. The summed E-state index contributed by atoms with van der Waals surface area (Å²) in [6.45, 7) is 2.49. The van der Waals surface area contributed by atoms with Gasteiger partial charge >= 0.3 is 0 Å². The van der Waals surface area contributed by atoms with E-state index < -0.39 is 0 Å². The van der Waals surface area contributed by atoms with Crippen molar-refractivity contribution in [1.82, 2.24) is 0 Å². The van der Waals surface area contributed by atoms with Crippen LogP contribution in [0.5, 0.6) is 0 Å². The normalized spacial score (nSPS) is 85.4. The van der Waals surface area contributed by atoms with Crippen molar-refractivity contribution in [2.75, 3.05) is 0 Å². The molecule has 1 N–H and O–H groups in total. The lowest BCUT2D eigenvalue weighted by Gasteiger charge is -2.39. The van der Waals surface area contributed by atoms with Gasteiger partial charge in [-0.1, -0.05) is 6.92 Å². The Kier molecular flexibility index (Phi) is 0.697. The second kappa shape index (κ2) is 1.41. The third kappa shape index (κ3) is 0.366. The van der Waals surface area contributed by atoms with E-state index in [2.05, 4.69) is 6.92 Å². The van der Waals surface area contributed by atoms with E-state index in [0.717, 1.165) is 41.4 Å². The van der Waals surface area contributed by atoms with E-state index >= 15 is 0 Å². The Morgan fingerprint density at radius 1 is 1.08 bits per heavy atom. The van der Waals surface area contributed by atoms with Gasteiger partial charge < -0.3 is 5.11 Å². The molecule has 0 aromatic rings. The maximum atomic E-state index is 10.3. The van der Waals surface area contributed by atoms with Crippen molar-refractivity contribution in [3.8, 4) is 0 Å². The van der Waals surface area contributed by atoms with Gasteiger partial charge in [0.25, 0.3) is 0 Å². The first-order valence-corrected chi connectivity index (χ1v) is 5.91. The van der Waals surface area contributed by atoms with Crippen LogP contribution in [-0.4, -0.2) is 11.2 Å². The zero-order valence-electron chi connectivity index (χ0n) is 7.98. The van der Waals surface area contributed by atoms with Gasteiger partial charge in [0.2, 0.25) is 0 Å². The zero-order chi connectivity index (χ0) is 8.53. The number of aliphatic hydroxyl groups excluding tert-OH is 1. The van der Waals surface area contributed by atoms with Crippen molar-refractivity contribution in [2.24, 2.45) is 46.8 Å². The van der Waals surface area contributed by atoms with Crippen molar-refractivity contribution in [1.29, 1.82) is 0 Å². The molecule has 6 aliphatic rings. The van der Waals surface area contributed by atoms with E-state index in [1.54, 1.807) is 0 Å². The number of aliphatic hydroxyl groups is 1. The van der Waals surface area contributed by atoms with E-state index in [-0.39, 0.29) is 6.10 Å². The van der Waals surface area contributed by atoms with Crippen LogP contribution < -0.4 is 0 Å². The Morgan fingerprint density at radius 3 is 2.69 bits per heavy atom. The summed E-state index contributed by atoms with van der Waals surface area (Å²) in [4.78, 5) is 0. The summed E-state index contributed by atoms with van der Waals surface area (Å²) in [6.07, 6.45) is 3.08. The van der Waals surface area contributed by atoms with Crippen LogP contribution in [0.1, 0.15) is 19.8 Å². The fourth-order valence-electron chi connectivity index (χ4n) is 7.14. The van der Waals surface area contributed by atoms with E-state index in [1.807, 2.05) is 0 Å². The summed E-state index contributed by atoms with van der Waals surface area (Å²) in [7, 11) is 0. The molecule has 0 aliphatic heterocycles. The van der Waals surface area contributed by atoms with Crippen LogP contribution in [0.25, 0.3) is 0 Å². The molecule has 0 spiro atoms. The van der Waals surface area contributed by atoms with Crippen LogP contribution in [0.15, 0.2) is 0 Å². The Bertz CT molecular complexity index is 312. The Labute approximate surface area is 78.5 Å². The van der Waals surface area contributed by atoms with Gasteiger partial charge in [-0.3, -0.25) is 0 Å². The monoisotopic (exact) mass is 176 g/mol. The molecule has 0 heterocycles. The second-order valence-corrected chi connectivity index (χ2v) is 6.63. The van der Waals surface area contributed by atoms with Crippen LogP contribution in [0.3, 0.4) is 0 Å². The standard InChI is InChI=1S/C12H16O/c1-12-3-6-4-2-5-7(6)10(12)11(13)8(5)9(4)12/h4-11,13H,2-3H2,1H3/t4?,5?,6-,7?,8-,9?,10-,11-,12+/m1/s1. The quantitative estimate of drug-likeness (QED) is 0.593. The second-order valence-electron chi connectivity index (χ2n) is 6.63. The first kappa shape index (κ1) is 6.44. The number of rotatable bonds is 0. The summed E-state index contributed by atoms with van der Waals surface area (Å²) in [5.74, 6) is 6.49. The minimum atomic E-state index is 0.113. The van der Waals surface area contributed by atoms with Crippen LogP contribution in [-0.2, 0) is 0 Å². The molecule has 6 rings (SSSR count). The molecule has 4 unspecified atom stereocenters. The molecule has 13 heavy (non-hydrogen) atoms. The topological polar surface area (TPSA) is 20.2 Å². The molecule has 6 fully saturated rings. The number of hydrogen-bond donors (Lipinski definition) is 1. The predicted octanol–water partition coefficient (Wildman–Crippen LogP) is 1.52. The maximum absolute atomic E-state index is 10.3. The summed E-state index contributed by atoms with van der Waals surface area (Å²) < 4.78 is 0. The Morgan fingerprint density at radius 2 is 1.92 bits per heavy atom. The van der Waals surface area contributed by atoms with Gasteiger partial charge in [0.1, 0.15) is 0 Å². The molecule has 0 aromatic carbocycles. The largest absolute Gasteiger partial charge is 0.392 e. The third-order valence-electron chi connectivity index (χ3n) is 6.83.